The monoisotopic (exact) mass is 426 g/mol. The van der Waals surface area contributed by atoms with Crippen LogP contribution in [0.5, 0.6) is 0 Å². The van der Waals surface area contributed by atoms with Gasteiger partial charge in [0.05, 0.1) is 21.3 Å². The van der Waals surface area contributed by atoms with Gasteiger partial charge in [0.1, 0.15) is 19.0 Å². The van der Waals surface area contributed by atoms with Crippen LogP contribution in [0.1, 0.15) is 0 Å². The van der Waals surface area contributed by atoms with E-state index in [1.807, 2.05) is 0 Å². The summed E-state index contributed by atoms with van der Waals surface area (Å²) in [5, 5.41) is 0. The lowest BCUT2D eigenvalue weighted by molar-refractivity contribution is -0.155. The third-order valence-corrected chi connectivity index (χ3v) is 2.87. The molecule has 0 spiro atoms. The van der Waals surface area contributed by atoms with Crippen molar-refractivity contribution in [1.82, 2.24) is 0 Å². The van der Waals surface area contributed by atoms with Crippen molar-refractivity contribution in [2.24, 2.45) is 0 Å². The van der Waals surface area contributed by atoms with Crippen LogP contribution in [0.25, 0.3) is 0 Å². The maximum atomic E-state index is 11.8. The standard InChI is InChI=1S/C19H22O11/c1-13(5-6-15(20)25-2)28-11-14(30-19(24)10-8-17(22)27-4)12-29-18(23)9-7-16(21)26-3/h5-10,14H,1,11-12H2,2-4H3/b6-5+,9-7+,10-8+. The summed E-state index contributed by atoms with van der Waals surface area (Å²) in [7, 11) is 3.45. The fraction of sp³-hybridized carbons (Fsp3) is 0.316. The fourth-order valence-corrected chi connectivity index (χ4v) is 1.43. The third-order valence-electron chi connectivity index (χ3n) is 2.87. The van der Waals surface area contributed by atoms with E-state index in [2.05, 4.69) is 20.8 Å². The van der Waals surface area contributed by atoms with E-state index in [-0.39, 0.29) is 12.4 Å². The van der Waals surface area contributed by atoms with Gasteiger partial charge in [-0.3, -0.25) is 0 Å². The molecule has 1 unspecified atom stereocenters. The van der Waals surface area contributed by atoms with Gasteiger partial charge in [-0.15, -0.1) is 0 Å². The van der Waals surface area contributed by atoms with Gasteiger partial charge in [0, 0.05) is 30.4 Å². The Kier molecular flexibility index (Phi) is 13.1. The second-order valence-corrected chi connectivity index (χ2v) is 5.04. The van der Waals surface area contributed by atoms with Gasteiger partial charge < -0.3 is 28.4 Å². The molecule has 164 valence electrons. The summed E-state index contributed by atoms with van der Waals surface area (Å²) < 4.78 is 28.2. The molecule has 0 bridgehead atoms. The van der Waals surface area contributed by atoms with E-state index in [1.54, 1.807) is 0 Å². The lowest BCUT2D eigenvalue weighted by Gasteiger charge is -2.17. The zero-order chi connectivity index (χ0) is 22.9. The maximum Gasteiger partial charge on any atom is 0.331 e. The zero-order valence-corrected chi connectivity index (χ0v) is 16.7. The molecule has 0 radical (unpaired) electrons. The van der Waals surface area contributed by atoms with Crippen LogP contribution in [0.3, 0.4) is 0 Å². The largest absolute Gasteiger partial charge is 0.490 e. The van der Waals surface area contributed by atoms with Gasteiger partial charge in [-0.2, -0.15) is 0 Å². The Hall–Kier alpha value is -3.89. The molecule has 0 aromatic carbocycles. The van der Waals surface area contributed by atoms with Crippen molar-refractivity contribution in [2.45, 2.75) is 6.10 Å². The number of rotatable bonds is 12. The summed E-state index contributed by atoms with van der Waals surface area (Å²) in [6.07, 6.45) is 4.47. The Morgan fingerprint density at radius 2 is 1.03 bits per heavy atom. The summed E-state index contributed by atoms with van der Waals surface area (Å²) in [6.45, 7) is 2.78. The van der Waals surface area contributed by atoms with Gasteiger partial charge >= 0.3 is 29.8 Å². The van der Waals surface area contributed by atoms with Gasteiger partial charge in [0.2, 0.25) is 0 Å². The maximum absolute atomic E-state index is 11.8. The summed E-state index contributed by atoms with van der Waals surface area (Å²) >= 11 is 0. The minimum atomic E-state index is -1.11. The molecule has 0 aliphatic rings. The highest BCUT2D eigenvalue weighted by Gasteiger charge is 2.17. The first-order valence-corrected chi connectivity index (χ1v) is 8.19. The number of carbonyl (C=O) groups is 5. The number of ether oxygens (including phenoxy) is 6. The smallest absolute Gasteiger partial charge is 0.331 e. The quantitative estimate of drug-likeness (QED) is 0.138. The van der Waals surface area contributed by atoms with E-state index in [9.17, 15) is 24.0 Å². The average Bonchev–Trinajstić information content (AvgIpc) is 2.75. The van der Waals surface area contributed by atoms with Crippen LogP contribution in [-0.4, -0.2) is 70.5 Å². The number of allylic oxidation sites excluding steroid dienone is 1. The molecule has 0 rings (SSSR count). The lowest BCUT2D eigenvalue weighted by Crippen LogP contribution is -2.29. The van der Waals surface area contributed by atoms with Crippen molar-refractivity contribution >= 4 is 29.8 Å². The Balaban J connectivity index is 4.92. The molecule has 11 nitrogen and oxygen atoms in total. The Morgan fingerprint density at radius 1 is 0.633 bits per heavy atom. The molecule has 0 saturated heterocycles. The van der Waals surface area contributed by atoms with Gasteiger partial charge in [-0.25, -0.2) is 24.0 Å². The van der Waals surface area contributed by atoms with Gasteiger partial charge in [-0.05, 0) is 6.08 Å². The minimum absolute atomic E-state index is 0.0310. The first kappa shape index (κ1) is 26.1. The Morgan fingerprint density at radius 3 is 1.53 bits per heavy atom. The van der Waals surface area contributed by atoms with E-state index < -0.39 is 42.6 Å². The van der Waals surface area contributed by atoms with E-state index >= 15 is 0 Å². The fourth-order valence-electron chi connectivity index (χ4n) is 1.43. The summed E-state index contributed by atoms with van der Waals surface area (Å²) in [5.74, 6) is -3.99. The molecule has 0 aromatic rings. The lowest BCUT2D eigenvalue weighted by atomic mass is 10.3. The molecule has 0 N–H and O–H groups in total. The van der Waals surface area contributed by atoms with Crippen molar-refractivity contribution in [3.8, 4) is 0 Å². The molecular weight excluding hydrogens is 404 g/mol. The number of methoxy groups -OCH3 is 3. The molecule has 0 fully saturated rings. The molecule has 1 atom stereocenters. The third kappa shape index (κ3) is 13.3. The SMILES string of the molecule is C=C(/C=C/C(=O)OC)OCC(COC(=O)/C=C/C(=O)OC)OC(=O)/C=C/C(=O)OC. The molecule has 0 aliphatic heterocycles. The first-order chi connectivity index (χ1) is 14.2. The van der Waals surface area contributed by atoms with Crippen LogP contribution < -0.4 is 0 Å². The highest BCUT2D eigenvalue weighted by atomic mass is 16.6. The van der Waals surface area contributed by atoms with E-state index in [0.717, 1.165) is 44.6 Å². The van der Waals surface area contributed by atoms with Crippen LogP contribution in [0, 0.1) is 0 Å². The number of hydrogen-bond donors (Lipinski definition) is 0. The highest BCUT2D eigenvalue weighted by molar-refractivity contribution is 5.92. The minimum Gasteiger partial charge on any atom is -0.490 e. The van der Waals surface area contributed by atoms with Gasteiger partial charge in [0.25, 0.3) is 0 Å². The molecule has 0 aliphatic carbocycles. The van der Waals surface area contributed by atoms with Crippen molar-refractivity contribution in [3.05, 3.63) is 48.8 Å². The van der Waals surface area contributed by atoms with Crippen LogP contribution in [0.4, 0.5) is 0 Å². The van der Waals surface area contributed by atoms with Crippen LogP contribution in [0.15, 0.2) is 48.8 Å². The second kappa shape index (κ2) is 15.1. The molecule has 30 heavy (non-hydrogen) atoms. The Labute approximate surface area is 172 Å². The first-order valence-electron chi connectivity index (χ1n) is 8.19. The molecule has 0 heterocycles. The number of hydrogen-bond acceptors (Lipinski definition) is 11. The van der Waals surface area contributed by atoms with Crippen LogP contribution in [0.2, 0.25) is 0 Å². The summed E-state index contributed by atoms with van der Waals surface area (Å²) in [5.41, 5.74) is 0. The molecular formula is C19H22O11. The average molecular weight is 426 g/mol. The van der Waals surface area contributed by atoms with Crippen molar-refractivity contribution < 1.29 is 52.4 Å². The number of esters is 5. The van der Waals surface area contributed by atoms with E-state index in [4.69, 9.17) is 14.2 Å². The predicted octanol–water partition coefficient (Wildman–Crippen LogP) is 0.159. The normalized spacial score (nSPS) is 11.7. The van der Waals surface area contributed by atoms with Gasteiger partial charge in [0.15, 0.2) is 6.10 Å². The van der Waals surface area contributed by atoms with Crippen molar-refractivity contribution in [3.63, 3.8) is 0 Å². The number of carbonyl (C=O) groups excluding carboxylic acids is 5. The Bertz CT molecular complexity index is 689. The topological polar surface area (TPSA) is 141 Å². The van der Waals surface area contributed by atoms with Crippen LogP contribution in [-0.2, 0) is 52.4 Å². The van der Waals surface area contributed by atoms with Crippen molar-refractivity contribution in [2.75, 3.05) is 34.5 Å². The van der Waals surface area contributed by atoms with E-state index in [1.165, 1.54) is 13.2 Å². The highest BCUT2D eigenvalue weighted by Crippen LogP contribution is 2.04. The van der Waals surface area contributed by atoms with Crippen LogP contribution >= 0.6 is 0 Å². The zero-order valence-electron chi connectivity index (χ0n) is 16.7. The summed E-state index contributed by atoms with van der Waals surface area (Å²) in [6, 6.07) is 0. The molecule has 0 amide bonds. The summed E-state index contributed by atoms with van der Waals surface area (Å²) in [4.78, 5) is 56.4. The molecule has 0 saturated carbocycles. The predicted molar refractivity (Wildman–Crippen MR) is 99.4 cm³/mol. The van der Waals surface area contributed by atoms with E-state index in [0.29, 0.717) is 0 Å². The van der Waals surface area contributed by atoms with Crippen molar-refractivity contribution in [1.29, 1.82) is 0 Å². The van der Waals surface area contributed by atoms with Gasteiger partial charge in [-0.1, -0.05) is 6.58 Å². The second-order valence-electron chi connectivity index (χ2n) is 5.04. The molecule has 0 aromatic heterocycles. The molecule has 11 heteroatoms.